The van der Waals surface area contributed by atoms with E-state index in [4.69, 9.17) is 0 Å². The average molecular weight is 423 g/mol. The summed E-state index contributed by atoms with van der Waals surface area (Å²) in [5.74, 6) is -2.25. The van der Waals surface area contributed by atoms with E-state index in [1.807, 2.05) is 37.3 Å². The van der Waals surface area contributed by atoms with Crippen LogP contribution < -0.4 is 0 Å². The standard InChI is InChI=1S/C21H20F3NO3S/c1-2-17(26)20(14-6-4-3-5-7-14)10-12-25(13-11-20)19(28)16-9-8-15(29-16)18(27)21(22,23)24/h3-9H,2,10-13H2,1H3. The van der Waals surface area contributed by atoms with Crippen LogP contribution in [0.1, 0.15) is 51.1 Å². The summed E-state index contributed by atoms with van der Waals surface area (Å²) in [7, 11) is 0. The second kappa shape index (κ2) is 8.10. The van der Waals surface area contributed by atoms with Gasteiger partial charge in [0.1, 0.15) is 5.78 Å². The van der Waals surface area contributed by atoms with Crippen molar-refractivity contribution in [3.05, 3.63) is 57.8 Å². The van der Waals surface area contributed by atoms with Crippen molar-refractivity contribution < 1.29 is 27.6 Å². The predicted molar refractivity (Wildman–Crippen MR) is 103 cm³/mol. The summed E-state index contributed by atoms with van der Waals surface area (Å²) < 4.78 is 37.8. The maximum atomic E-state index is 12.8. The Morgan fingerprint density at radius 3 is 2.14 bits per heavy atom. The molecule has 2 aromatic rings. The highest BCUT2D eigenvalue weighted by atomic mass is 32.1. The van der Waals surface area contributed by atoms with Crippen molar-refractivity contribution in [1.29, 1.82) is 0 Å². The number of rotatable bonds is 5. The molecule has 1 aliphatic heterocycles. The Balaban J connectivity index is 1.76. The Morgan fingerprint density at radius 1 is 1.00 bits per heavy atom. The van der Waals surface area contributed by atoms with Crippen molar-refractivity contribution in [2.45, 2.75) is 37.8 Å². The molecule has 0 N–H and O–H groups in total. The number of benzene rings is 1. The van der Waals surface area contributed by atoms with E-state index in [0.717, 1.165) is 11.6 Å². The van der Waals surface area contributed by atoms with Crippen LogP contribution in [-0.2, 0) is 10.2 Å². The van der Waals surface area contributed by atoms with Crippen LogP contribution in [0.3, 0.4) is 0 Å². The number of carbonyl (C=O) groups excluding carboxylic acids is 3. The quantitative estimate of drug-likeness (QED) is 0.658. The summed E-state index contributed by atoms with van der Waals surface area (Å²) in [6.45, 7) is 2.45. The molecule has 0 aliphatic carbocycles. The molecule has 1 aromatic heterocycles. The monoisotopic (exact) mass is 423 g/mol. The number of alkyl halides is 3. The number of piperidine rings is 1. The van der Waals surface area contributed by atoms with E-state index in [1.54, 1.807) is 0 Å². The van der Waals surface area contributed by atoms with Crippen LogP contribution in [0.4, 0.5) is 13.2 Å². The number of halogens is 3. The lowest BCUT2D eigenvalue weighted by molar-refractivity contribution is -0.126. The van der Waals surface area contributed by atoms with Crippen molar-refractivity contribution in [2.75, 3.05) is 13.1 Å². The van der Waals surface area contributed by atoms with Crippen molar-refractivity contribution in [1.82, 2.24) is 4.90 Å². The average Bonchev–Trinajstić information content (AvgIpc) is 3.22. The smallest absolute Gasteiger partial charge is 0.338 e. The van der Waals surface area contributed by atoms with Gasteiger partial charge in [0.05, 0.1) is 15.2 Å². The molecule has 1 amide bonds. The van der Waals surface area contributed by atoms with Gasteiger partial charge in [-0.15, -0.1) is 11.3 Å². The third-order valence-electron chi connectivity index (χ3n) is 5.38. The molecule has 1 aromatic carbocycles. The molecule has 0 unspecified atom stereocenters. The molecule has 4 nitrogen and oxygen atoms in total. The van der Waals surface area contributed by atoms with E-state index in [-0.39, 0.29) is 10.7 Å². The third-order valence-corrected chi connectivity index (χ3v) is 6.46. The van der Waals surface area contributed by atoms with Crippen molar-refractivity contribution in [3.63, 3.8) is 0 Å². The number of Topliss-reactive ketones (excluding diaryl/α,β-unsaturated/α-hetero) is 2. The fourth-order valence-corrected chi connectivity index (χ4v) is 4.72. The van der Waals surface area contributed by atoms with Gasteiger partial charge in [0.15, 0.2) is 0 Å². The van der Waals surface area contributed by atoms with Crippen molar-refractivity contribution in [3.8, 4) is 0 Å². The number of likely N-dealkylation sites (tertiary alicyclic amines) is 1. The Labute approximate surface area is 170 Å². The Hall–Kier alpha value is -2.48. The van der Waals surface area contributed by atoms with Crippen LogP contribution in [0, 0.1) is 0 Å². The van der Waals surface area contributed by atoms with Gasteiger partial charge in [-0.3, -0.25) is 14.4 Å². The molecule has 0 saturated carbocycles. The van der Waals surface area contributed by atoms with Gasteiger partial charge in [-0.25, -0.2) is 0 Å². The molecule has 0 bridgehead atoms. The van der Waals surface area contributed by atoms with Gasteiger partial charge >= 0.3 is 6.18 Å². The largest absolute Gasteiger partial charge is 0.455 e. The maximum Gasteiger partial charge on any atom is 0.455 e. The molecular weight excluding hydrogens is 403 g/mol. The minimum Gasteiger partial charge on any atom is -0.338 e. The van der Waals surface area contributed by atoms with E-state index in [1.165, 1.54) is 11.0 Å². The number of hydrogen-bond donors (Lipinski definition) is 0. The number of ketones is 2. The summed E-state index contributed by atoms with van der Waals surface area (Å²) in [5.41, 5.74) is 0.271. The molecule has 154 valence electrons. The van der Waals surface area contributed by atoms with Gasteiger partial charge < -0.3 is 4.90 Å². The maximum absolute atomic E-state index is 12.8. The summed E-state index contributed by atoms with van der Waals surface area (Å²) in [5, 5.41) is 0. The van der Waals surface area contributed by atoms with E-state index in [9.17, 15) is 27.6 Å². The molecule has 1 fully saturated rings. The number of hydrogen-bond acceptors (Lipinski definition) is 4. The van der Waals surface area contributed by atoms with Gasteiger partial charge in [0.25, 0.3) is 11.7 Å². The molecular formula is C21H20F3NO3S. The molecule has 8 heteroatoms. The highest BCUT2D eigenvalue weighted by Gasteiger charge is 2.43. The van der Waals surface area contributed by atoms with Gasteiger partial charge in [0.2, 0.25) is 0 Å². The lowest BCUT2D eigenvalue weighted by Crippen LogP contribution is -2.48. The Kier molecular flexibility index (Phi) is 5.93. The molecule has 3 rings (SSSR count). The SMILES string of the molecule is CCC(=O)C1(c2ccccc2)CCN(C(=O)c2ccc(C(=O)C(F)(F)F)s2)CC1. The van der Waals surface area contributed by atoms with Gasteiger partial charge in [-0.1, -0.05) is 37.3 Å². The Bertz CT molecular complexity index is 913. The van der Waals surface area contributed by atoms with Gasteiger partial charge in [-0.05, 0) is 30.5 Å². The zero-order chi connectivity index (χ0) is 21.2. The second-order valence-electron chi connectivity index (χ2n) is 7.01. The number of carbonyl (C=O) groups is 3. The lowest BCUT2D eigenvalue weighted by Gasteiger charge is -2.41. The first-order valence-corrected chi connectivity index (χ1v) is 10.1. The first-order valence-electron chi connectivity index (χ1n) is 9.28. The summed E-state index contributed by atoms with van der Waals surface area (Å²) in [6.07, 6.45) is -3.67. The molecule has 0 radical (unpaired) electrons. The van der Waals surface area contributed by atoms with E-state index in [2.05, 4.69) is 0 Å². The van der Waals surface area contributed by atoms with Crippen molar-refractivity contribution in [2.24, 2.45) is 0 Å². The highest BCUT2D eigenvalue weighted by Crippen LogP contribution is 2.38. The summed E-state index contributed by atoms with van der Waals surface area (Å²) >= 11 is 0.549. The first-order chi connectivity index (χ1) is 13.7. The Morgan fingerprint density at radius 2 is 1.59 bits per heavy atom. The molecule has 2 heterocycles. The zero-order valence-corrected chi connectivity index (χ0v) is 16.6. The normalized spacial score (nSPS) is 16.5. The first kappa shape index (κ1) is 21.2. The minimum absolute atomic E-state index is 0.0895. The molecule has 1 aliphatic rings. The number of nitrogens with zero attached hydrogens (tertiary/aromatic N) is 1. The number of thiophene rings is 1. The van der Waals surface area contributed by atoms with Crippen LogP contribution >= 0.6 is 11.3 Å². The van der Waals surface area contributed by atoms with E-state index in [0.29, 0.717) is 43.7 Å². The predicted octanol–water partition coefficient (Wildman–Crippen LogP) is 4.65. The fraction of sp³-hybridized carbons (Fsp3) is 0.381. The molecule has 0 atom stereocenters. The lowest BCUT2D eigenvalue weighted by atomic mass is 9.69. The van der Waals surface area contributed by atoms with Crippen LogP contribution in [0.25, 0.3) is 0 Å². The molecule has 0 spiro atoms. The van der Waals surface area contributed by atoms with E-state index < -0.39 is 28.2 Å². The van der Waals surface area contributed by atoms with Crippen LogP contribution in [0.2, 0.25) is 0 Å². The van der Waals surface area contributed by atoms with E-state index >= 15 is 0 Å². The molecule has 1 saturated heterocycles. The summed E-state index contributed by atoms with van der Waals surface area (Å²) in [4.78, 5) is 38.0. The van der Waals surface area contributed by atoms with Crippen LogP contribution in [0.5, 0.6) is 0 Å². The highest BCUT2D eigenvalue weighted by molar-refractivity contribution is 7.16. The fourth-order valence-electron chi connectivity index (χ4n) is 3.79. The number of amides is 1. The van der Waals surface area contributed by atoms with Crippen LogP contribution in [0.15, 0.2) is 42.5 Å². The third kappa shape index (κ3) is 4.12. The zero-order valence-electron chi connectivity index (χ0n) is 15.8. The van der Waals surface area contributed by atoms with Gasteiger partial charge in [-0.2, -0.15) is 13.2 Å². The summed E-state index contributed by atoms with van der Waals surface area (Å²) in [6, 6.07) is 11.8. The topological polar surface area (TPSA) is 54.5 Å². The van der Waals surface area contributed by atoms with Gasteiger partial charge in [0, 0.05) is 19.5 Å². The minimum atomic E-state index is -4.97. The molecule has 29 heavy (non-hydrogen) atoms. The van der Waals surface area contributed by atoms with Crippen LogP contribution in [-0.4, -0.2) is 41.6 Å². The second-order valence-corrected chi connectivity index (χ2v) is 8.09. The van der Waals surface area contributed by atoms with Crippen molar-refractivity contribution >= 4 is 28.8 Å².